The van der Waals surface area contributed by atoms with Gasteiger partial charge in [-0.3, -0.25) is 19.5 Å². The molecular weight excluding hydrogens is 492 g/mol. The van der Waals surface area contributed by atoms with Crippen molar-refractivity contribution in [2.45, 2.75) is 13.0 Å². The number of ether oxygens (including phenoxy) is 1. The number of anilines is 3. The first-order valence-electron chi connectivity index (χ1n) is 11.3. The maximum atomic E-state index is 12.5. The second-order valence-corrected chi connectivity index (χ2v) is 10.0. The van der Waals surface area contributed by atoms with Gasteiger partial charge in [0.1, 0.15) is 11.6 Å². The average molecular weight is 519 g/mol. The van der Waals surface area contributed by atoms with Crippen molar-refractivity contribution in [3.05, 3.63) is 90.5 Å². The molecule has 2 heterocycles. The van der Waals surface area contributed by atoms with Crippen molar-refractivity contribution >= 4 is 33.1 Å². The lowest BCUT2D eigenvalue weighted by atomic mass is 10.1. The number of nitrogens with one attached hydrogen (secondary N) is 3. The Kier molecular flexibility index (Phi) is 7.63. The molecule has 37 heavy (non-hydrogen) atoms. The summed E-state index contributed by atoms with van der Waals surface area (Å²) in [6.07, 6.45) is 7.44. The lowest BCUT2D eigenvalue weighted by Gasteiger charge is -2.17. The molecule has 1 amide bonds. The highest BCUT2D eigenvalue weighted by atomic mass is 32.2. The normalized spacial score (nSPS) is 11.9. The smallest absolute Gasteiger partial charge is 0.257 e. The molecule has 0 saturated carbocycles. The van der Waals surface area contributed by atoms with E-state index in [1.807, 2.05) is 31.2 Å². The minimum atomic E-state index is -3.45. The van der Waals surface area contributed by atoms with Crippen molar-refractivity contribution in [2.24, 2.45) is 0 Å². The fourth-order valence-corrected chi connectivity index (χ4v) is 4.17. The maximum Gasteiger partial charge on any atom is 0.257 e. The third-order valence-electron chi connectivity index (χ3n) is 5.36. The number of carbonyl (C=O) groups is 1. The van der Waals surface area contributed by atoms with Gasteiger partial charge in [-0.15, -0.1) is 0 Å². The molecule has 3 N–H and O–H groups in total. The zero-order valence-corrected chi connectivity index (χ0v) is 21.3. The van der Waals surface area contributed by atoms with Crippen LogP contribution in [0.3, 0.4) is 0 Å². The number of nitrogens with zero attached hydrogens (tertiary/aromatic N) is 3. The summed E-state index contributed by atoms with van der Waals surface area (Å²) < 4.78 is 31.0. The molecule has 4 aromatic rings. The molecule has 0 radical (unpaired) electrons. The first-order valence-corrected chi connectivity index (χ1v) is 13.2. The summed E-state index contributed by atoms with van der Waals surface area (Å²) in [5.74, 6) is 0.673. The summed E-state index contributed by atoms with van der Waals surface area (Å²) in [4.78, 5) is 25.4. The number of aromatic nitrogens is 3. The molecular formula is C26H26N6O4S. The average Bonchev–Trinajstić information content (AvgIpc) is 2.89. The molecule has 10 nitrogen and oxygen atoms in total. The molecule has 0 unspecified atom stereocenters. The van der Waals surface area contributed by atoms with Crippen LogP contribution in [-0.2, 0) is 10.0 Å². The minimum absolute atomic E-state index is 0.143. The van der Waals surface area contributed by atoms with Crippen molar-refractivity contribution in [3.63, 3.8) is 0 Å². The Bertz CT molecular complexity index is 1510. The van der Waals surface area contributed by atoms with E-state index in [0.717, 1.165) is 11.8 Å². The molecule has 190 valence electrons. The van der Waals surface area contributed by atoms with Crippen molar-refractivity contribution in [2.75, 3.05) is 28.7 Å². The highest BCUT2D eigenvalue weighted by molar-refractivity contribution is 7.92. The lowest BCUT2D eigenvalue weighted by molar-refractivity contribution is 0.102. The molecule has 0 fully saturated rings. The number of carbonyl (C=O) groups excluding carboxylic acids is 1. The SMILES string of the molecule is COc1cc(-c2cncc(N[C@@H](C)c3cccc(NC(=O)c4cccnc4)c3)n2)ccc1NS(C)(=O)=O. The molecule has 11 heteroatoms. The van der Waals surface area contributed by atoms with E-state index in [0.29, 0.717) is 39.8 Å². The fourth-order valence-electron chi connectivity index (χ4n) is 3.60. The van der Waals surface area contributed by atoms with Gasteiger partial charge < -0.3 is 15.4 Å². The summed E-state index contributed by atoms with van der Waals surface area (Å²) in [6.45, 7) is 1.98. The fraction of sp³-hybridized carbons (Fsp3) is 0.154. The van der Waals surface area contributed by atoms with Crippen LogP contribution in [0.4, 0.5) is 17.2 Å². The molecule has 0 saturated heterocycles. The van der Waals surface area contributed by atoms with Crippen LogP contribution in [0.2, 0.25) is 0 Å². The summed E-state index contributed by atoms with van der Waals surface area (Å²) in [7, 11) is -1.99. The van der Waals surface area contributed by atoms with Crippen molar-refractivity contribution in [1.29, 1.82) is 0 Å². The Morgan fingerprint density at radius 3 is 2.57 bits per heavy atom. The monoisotopic (exact) mass is 518 g/mol. The zero-order chi connectivity index (χ0) is 26.4. The number of methoxy groups -OCH3 is 1. The summed E-state index contributed by atoms with van der Waals surface area (Å²) in [5, 5.41) is 6.22. The second kappa shape index (κ2) is 11.0. The first kappa shape index (κ1) is 25.6. The number of hydrogen-bond donors (Lipinski definition) is 3. The molecule has 4 rings (SSSR count). The highest BCUT2D eigenvalue weighted by Crippen LogP contribution is 2.31. The number of amides is 1. The van der Waals surface area contributed by atoms with Gasteiger partial charge >= 0.3 is 0 Å². The van der Waals surface area contributed by atoms with Crippen LogP contribution in [0.5, 0.6) is 5.75 Å². The van der Waals surface area contributed by atoms with Gasteiger partial charge in [0, 0.05) is 23.6 Å². The van der Waals surface area contributed by atoms with Gasteiger partial charge in [0.25, 0.3) is 5.91 Å². The van der Waals surface area contributed by atoms with Gasteiger partial charge in [0.2, 0.25) is 10.0 Å². The predicted octanol–water partition coefficient (Wildman–Crippen LogP) is 4.34. The third-order valence-corrected chi connectivity index (χ3v) is 5.95. The maximum absolute atomic E-state index is 12.5. The Morgan fingerprint density at radius 2 is 1.84 bits per heavy atom. The molecule has 0 spiro atoms. The number of sulfonamides is 1. The van der Waals surface area contributed by atoms with Gasteiger partial charge in [0.05, 0.1) is 48.7 Å². The van der Waals surface area contributed by atoms with Crippen LogP contribution in [0, 0.1) is 0 Å². The Morgan fingerprint density at radius 1 is 1.00 bits per heavy atom. The second-order valence-electron chi connectivity index (χ2n) is 8.27. The van der Waals surface area contributed by atoms with Crippen molar-refractivity contribution in [3.8, 4) is 17.0 Å². The van der Waals surface area contributed by atoms with Crippen molar-refractivity contribution in [1.82, 2.24) is 15.0 Å². The van der Waals surface area contributed by atoms with Gasteiger partial charge in [-0.1, -0.05) is 18.2 Å². The van der Waals surface area contributed by atoms with E-state index in [2.05, 4.69) is 30.3 Å². The van der Waals surface area contributed by atoms with Crippen LogP contribution < -0.4 is 20.1 Å². The molecule has 2 aromatic heterocycles. The zero-order valence-electron chi connectivity index (χ0n) is 20.5. The standard InChI is InChI=1S/C26H26N6O4S/c1-17(18-6-4-8-21(12-18)30-26(33)20-7-5-11-27-14-20)29-25-16-28-15-23(31-25)19-9-10-22(24(13-19)36-2)32-37(3,34)35/h4-17,32H,1-3H3,(H,29,31)(H,30,33)/t17-/m0/s1. The van der Waals surface area contributed by atoms with E-state index in [4.69, 9.17) is 4.74 Å². The molecule has 0 aliphatic carbocycles. The van der Waals surface area contributed by atoms with Crippen LogP contribution >= 0.6 is 0 Å². The van der Waals surface area contributed by atoms with Gasteiger partial charge in [-0.25, -0.2) is 13.4 Å². The largest absolute Gasteiger partial charge is 0.495 e. The summed E-state index contributed by atoms with van der Waals surface area (Å²) in [6, 6.07) is 15.8. The minimum Gasteiger partial charge on any atom is -0.495 e. The van der Waals surface area contributed by atoms with E-state index in [-0.39, 0.29) is 11.9 Å². The van der Waals surface area contributed by atoms with Crippen molar-refractivity contribution < 1.29 is 17.9 Å². The van der Waals surface area contributed by atoms with Crippen LogP contribution in [0.1, 0.15) is 28.9 Å². The van der Waals surface area contributed by atoms with E-state index >= 15 is 0 Å². The summed E-state index contributed by atoms with van der Waals surface area (Å²) >= 11 is 0. The van der Waals surface area contributed by atoms with Crippen LogP contribution in [-0.4, -0.2) is 42.6 Å². The van der Waals surface area contributed by atoms with E-state index < -0.39 is 10.0 Å². The Labute approximate surface area is 215 Å². The topological polar surface area (TPSA) is 135 Å². The molecule has 0 bridgehead atoms. The first-order chi connectivity index (χ1) is 17.7. The number of pyridine rings is 1. The Balaban J connectivity index is 1.49. The van der Waals surface area contributed by atoms with E-state index in [1.165, 1.54) is 13.3 Å². The number of benzene rings is 2. The quantitative estimate of drug-likeness (QED) is 0.298. The number of hydrogen-bond acceptors (Lipinski definition) is 8. The lowest BCUT2D eigenvalue weighted by Crippen LogP contribution is -2.13. The van der Waals surface area contributed by atoms with Gasteiger partial charge in [0.15, 0.2) is 0 Å². The number of rotatable bonds is 9. The predicted molar refractivity (Wildman–Crippen MR) is 143 cm³/mol. The highest BCUT2D eigenvalue weighted by Gasteiger charge is 2.13. The van der Waals surface area contributed by atoms with E-state index in [1.54, 1.807) is 48.9 Å². The van der Waals surface area contributed by atoms with Gasteiger partial charge in [-0.2, -0.15) is 0 Å². The molecule has 2 aromatic carbocycles. The summed E-state index contributed by atoms with van der Waals surface area (Å²) in [5.41, 5.74) is 3.70. The van der Waals surface area contributed by atoms with Crippen LogP contribution in [0.15, 0.2) is 79.4 Å². The van der Waals surface area contributed by atoms with E-state index in [9.17, 15) is 13.2 Å². The third kappa shape index (κ3) is 6.79. The molecule has 0 aliphatic rings. The molecule has 1 atom stereocenters. The van der Waals surface area contributed by atoms with Gasteiger partial charge in [-0.05, 0) is 48.9 Å². The Hall–Kier alpha value is -4.51. The van der Waals surface area contributed by atoms with Crippen LogP contribution in [0.25, 0.3) is 11.3 Å². The molecule has 0 aliphatic heterocycles.